The van der Waals surface area contributed by atoms with Crippen molar-refractivity contribution in [2.45, 2.75) is 20.8 Å². The molecule has 0 saturated carbocycles. The summed E-state index contributed by atoms with van der Waals surface area (Å²) in [5.74, 6) is -1.32. The van der Waals surface area contributed by atoms with Gasteiger partial charge < -0.3 is 5.32 Å². The van der Waals surface area contributed by atoms with Crippen LogP contribution in [0.5, 0.6) is 0 Å². The molecule has 5 heteroatoms. The molecule has 0 saturated heterocycles. The Balaban J connectivity index is 1.98. The summed E-state index contributed by atoms with van der Waals surface area (Å²) in [7, 11) is 0. The highest BCUT2D eigenvalue weighted by Crippen LogP contribution is 2.34. The van der Waals surface area contributed by atoms with Crippen molar-refractivity contribution >= 4 is 28.0 Å². The van der Waals surface area contributed by atoms with Crippen LogP contribution in [0, 0.1) is 26.6 Å². The summed E-state index contributed by atoms with van der Waals surface area (Å²) in [4.78, 5) is 26.4. The van der Waals surface area contributed by atoms with Crippen molar-refractivity contribution in [1.29, 1.82) is 0 Å². The molecule has 0 aliphatic carbocycles. The van der Waals surface area contributed by atoms with E-state index in [4.69, 9.17) is 0 Å². The molecular formula is C21H18FNO2S. The minimum absolute atomic E-state index is 0.0510. The number of carbonyl (C=O) groups is 2. The molecule has 0 radical (unpaired) electrons. The third-order valence-corrected chi connectivity index (χ3v) is 5.39. The number of rotatable bonds is 4. The van der Waals surface area contributed by atoms with Gasteiger partial charge in [0, 0.05) is 10.4 Å². The van der Waals surface area contributed by atoms with E-state index in [2.05, 4.69) is 5.32 Å². The van der Waals surface area contributed by atoms with Crippen LogP contribution in [0.25, 0.3) is 0 Å². The first-order valence-electron chi connectivity index (χ1n) is 8.15. The van der Waals surface area contributed by atoms with E-state index >= 15 is 0 Å². The second-order valence-electron chi connectivity index (χ2n) is 6.12. The lowest BCUT2D eigenvalue weighted by Gasteiger charge is -2.08. The Bertz CT molecular complexity index is 990. The van der Waals surface area contributed by atoms with Gasteiger partial charge in [-0.25, -0.2) is 4.39 Å². The van der Waals surface area contributed by atoms with Gasteiger partial charge in [-0.2, -0.15) is 0 Å². The Kier molecular flexibility index (Phi) is 5.00. The van der Waals surface area contributed by atoms with Gasteiger partial charge in [-0.15, -0.1) is 11.3 Å². The Hall–Kier alpha value is -2.79. The van der Waals surface area contributed by atoms with Crippen molar-refractivity contribution in [3.8, 4) is 0 Å². The van der Waals surface area contributed by atoms with Gasteiger partial charge in [-0.05, 0) is 38.5 Å². The second kappa shape index (κ2) is 7.22. The molecule has 3 nitrogen and oxygen atoms in total. The zero-order chi connectivity index (χ0) is 18.8. The molecule has 3 aromatic rings. The summed E-state index contributed by atoms with van der Waals surface area (Å²) in [5, 5.41) is 3.15. The molecule has 0 atom stereocenters. The molecule has 26 heavy (non-hydrogen) atoms. The van der Waals surface area contributed by atoms with Crippen LogP contribution in [0.2, 0.25) is 0 Å². The van der Waals surface area contributed by atoms with Crippen molar-refractivity contribution in [2.24, 2.45) is 0 Å². The maximum atomic E-state index is 13.9. The number of thiophene rings is 1. The summed E-state index contributed by atoms with van der Waals surface area (Å²) in [6.07, 6.45) is 0. The maximum Gasteiger partial charge on any atom is 0.259 e. The highest BCUT2D eigenvalue weighted by atomic mass is 32.1. The fourth-order valence-corrected chi connectivity index (χ4v) is 3.71. The molecule has 0 aliphatic rings. The van der Waals surface area contributed by atoms with Crippen LogP contribution in [-0.4, -0.2) is 11.7 Å². The molecule has 132 valence electrons. The molecule has 1 heterocycles. The summed E-state index contributed by atoms with van der Waals surface area (Å²) < 4.78 is 13.9. The van der Waals surface area contributed by atoms with E-state index in [-0.39, 0.29) is 11.3 Å². The molecule has 0 bridgehead atoms. The molecule has 0 spiro atoms. The number of anilines is 1. The second-order valence-corrected chi connectivity index (χ2v) is 7.34. The lowest BCUT2D eigenvalue weighted by atomic mass is 10.00. The van der Waals surface area contributed by atoms with Gasteiger partial charge in [0.25, 0.3) is 5.91 Å². The summed E-state index contributed by atoms with van der Waals surface area (Å²) >= 11 is 1.32. The largest absolute Gasteiger partial charge is 0.313 e. The summed E-state index contributed by atoms with van der Waals surface area (Å²) in [6, 6.07) is 13.1. The van der Waals surface area contributed by atoms with Crippen molar-refractivity contribution in [2.75, 3.05) is 5.32 Å². The zero-order valence-corrected chi connectivity index (χ0v) is 15.5. The van der Waals surface area contributed by atoms with Gasteiger partial charge in [-0.3, -0.25) is 9.59 Å². The Morgan fingerprint density at radius 2 is 1.62 bits per heavy atom. The third-order valence-electron chi connectivity index (χ3n) is 4.27. The zero-order valence-electron chi connectivity index (χ0n) is 14.7. The van der Waals surface area contributed by atoms with Crippen LogP contribution in [-0.2, 0) is 0 Å². The van der Waals surface area contributed by atoms with E-state index < -0.39 is 11.7 Å². The first-order chi connectivity index (χ1) is 12.4. The molecule has 2 aromatic carbocycles. The number of ketones is 1. The van der Waals surface area contributed by atoms with E-state index in [9.17, 15) is 14.0 Å². The van der Waals surface area contributed by atoms with Crippen LogP contribution >= 0.6 is 11.3 Å². The van der Waals surface area contributed by atoms with Crippen molar-refractivity contribution in [3.05, 3.63) is 87.0 Å². The van der Waals surface area contributed by atoms with Crippen LogP contribution < -0.4 is 5.32 Å². The average Bonchev–Trinajstić information content (AvgIpc) is 2.89. The number of aryl methyl sites for hydroxylation is 2. The van der Waals surface area contributed by atoms with Gasteiger partial charge >= 0.3 is 0 Å². The average molecular weight is 367 g/mol. The lowest BCUT2D eigenvalue weighted by Crippen LogP contribution is -2.15. The Morgan fingerprint density at radius 1 is 0.962 bits per heavy atom. The van der Waals surface area contributed by atoms with Crippen molar-refractivity contribution < 1.29 is 14.0 Å². The number of carbonyl (C=O) groups excluding carboxylic acids is 2. The predicted molar refractivity (Wildman–Crippen MR) is 103 cm³/mol. The molecule has 1 N–H and O–H groups in total. The first-order valence-corrected chi connectivity index (χ1v) is 8.97. The number of hydrogen-bond donors (Lipinski definition) is 1. The number of hydrogen-bond acceptors (Lipinski definition) is 3. The van der Waals surface area contributed by atoms with Gasteiger partial charge in [0.05, 0.1) is 11.1 Å². The highest BCUT2D eigenvalue weighted by molar-refractivity contribution is 7.17. The number of amides is 1. The van der Waals surface area contributed by atoms with E-state index in [0.29, 0.717) is 16.1 Å². The van der Waals surface area contributed by atoms with E-state index in [1.165, 1.54) is 29.5 Å². The van der Waals surface area contributed by atoms with Crippen molar-refractivity contribution in [1.82, 2.24) is 0 Å². The van der Waals surface area contributed by atoms with Gasteiger partial charge in [-0.1, -0.05) is 42.0 Å². The van der Waals surface area contributed by atoms with Crippen LogP contribution in [0.1, 0.15) is 42.3 Å². The van der Waals surface area contributed by atoms with Crippen LogP contribution in [0.4, 0.5) is 9.39 Å². The minimum atomic E-state index is -0.596. The van der Waals surface area contributed by atoms with Crippen molar-refractivity contribution in [3.63, 3.8) is 0 Å². The number of nitrogens with one attached hydrogen (secondary N) is 1. The number of halogens is 1. The summed E-state index contributed by atoms with van der Waals surface area (Å²) in [5.41, 5.74) is 2.85. The highest BCUT2D eigenvalue weighted by Gasteiger charge is 2.23. The Labute approximate surface area is 155 Å². The fourth-order valence-electron chi connectivity index (χ4n) is 2.65. The van der Waals surface area contributed by atoms with Crippen LogP contribution in [0.3, 0.4) is 0 Å². The smallest absolute Gasteiger partial charge is 0.259 e. The van der Waals surface area contributed by atoms with Gasteiger partial charge in [0.15, 0.2) is 5.78 Å². The van der Waals surface area contributed by atoms with E-state index in [1.807, 2.05) is 32.9 Å². The normalized spacial score (nSPS) is 10.6. The van der Waals surface area contributed by atoms with Crippen LogP contribution in [0.15, 0.2) is 48.5 Å². The molecule has 0 unspecified atom stereocenters. The van der Waals surface area contributed by atoms with Gasteiger partial charge in [0.1, 0.15) is 10.8 Å². The van der Waals surface area contributed by atoms with E-state index in [0.717, 1.165) is 16.0 Å². The first kappa shape index (κ1) is 18.0. The molecule has 0 fully saturated rings. The summed E-state index contributed by atoms with van der Waals surface area (Å²) in [6.45, 7) is 5.70. The molecule has 1 aromatic heterocycles. The van der Waals surface area contributed by atoms with E-state index in [1.54, 1.807) is 18.2 Å². The SMILES string of the molecule is Cc1ccc(C(=O)c2c(NC(=O)c3ccccc3F)sc(C)c2C)cc1. The fraction of sp³-hybridized carbons (Fsp3) is 0.143. The lowest BCUT2D eigenvalue weighted by molar-refractivity contribution is 0.102. The topological polar surface area (TPSA) is 46.2 Å². The molecule has 1 amide bonds. The minimum Gasteiger partial charge on any atom is -0.313 e. The monoisotopic (exact) mass is 367 g/mol. The maximum absolute atomic E-state index is 13.9. The standard InChI is InChI=1S/C21H18FNO2S/c1-12-8-10-15(11-9-12)19(24)18-13(2)14(3)26-21(18)23-20(25)16-6-4-5-7-17(16)22/h4-11H,1-3H3,(H,23,25). The number of benzene rings is 2. The Morgan fingerprint density at radius 3 is 2.27 bits per heavy atom. The predicted octanol–water partition coefficient (Wildman–Crippen LogP) is 5.30. The molecule has 3 rings (SSSR count). The third kappa shape index (κ3) is 3.44. The molecular weight excluding hydrogens is 349 g/mol. The quantitative estimate of drug-likeness (QED) is 0.636. The van der Waals surface area contributed by atoms with Gasteiger partial charge in [0.2, 0.25) is 0 Å². The molecule has 0 aliphatic heterocycles.